The number of halogens is 2. The van der Waals surface area contributed by atoms with E-state index in [0.717, 1.165) is 49.3 Å². The molecule has 1 unspecified atom stereocenters. The fourth-order valence-electron chi connectivity index (χ4n) is 2.55. The number of aromatic nitrogens is 1. The zero-order valence-electron chi connectivity index (χ0n) is 13.2. The van der Waals surface area contributed by atoms with Crippen molar-refractivity contribution in [3.05, 3.63) is 34.5 Å². The molecule has 2 heterocycles. The van der Waals surface area contributed by atoms with E-state index in [1.807, 2.05) is 0 Å². The fourth-order valence-corrected chi connectivity index (χ4v) is 4.72. The number of anilines is 2. The predicted octanol–water partition coefficient (Wildman–Crippen LogP) is 3.72. The number of hydrogen-bond donors (Lipinski definition) is 2. The lowest BCUT2D eigenvalue weighted by atomic mass is 10.2. The molecule has 1 saturated heterocycles. The highest BCUT2D eigenvalue weighted by Gasteiger charge is 2.22. The molecule has 136 valence electrons. The standard InChI is InChI=1S/C15H17ClFN3O3S2/c16-11-8-14(25(21,22)20-15-19-5-7-24-15)12(17)9-13(11)18-4-3-10-2-1-6-23-10/h5,7-10,18H,1-4,6H2,(H,19,20). The van der Waals surface area contributed by atoms with Crippen molar-refractivity contribution in [3.8, 4) is 0 Å². The maximum absolute atomic E-state index is 14.3. The van der Waals surface area contributed by atoms with Crippen LogP contribution >= 0.6 is 22.9 Å². The van der Waals surface area contributed by atoms with Gasteiger partial charge in [-0.3, -0.25) is 4.72 Å². The van der Waals surface area contributed by atoms with Gasteiger partial charge in [-0.1, -0.05) is 11.6 Å². The normalized spacial score (nSPS) is 17.6. The highest BCUT2D eigenvalue weighted by atomic mass is 35.5. The molecule has 0 aliphatic carbocycles. The molecule has 1 aromatic carbocycles. The molecule has 0 bridgehead atoms. The largest absolute Gasteiger partial charge is 0.384 e. The molecule has 25 heavy (non-hydrogen) atoms. The molecule has 0 spiro atoms. The Morgan fingerprint density at radius 3 is 2.96 bits per heavy atom. The van der Waals surface area contributed by atoms with Crippen LogP contribution in [0.2, 0.25) is 5.02 Å². The second-order valence-corrected chi connectivity index (χ2v) is 8.51. The topological polar surface area (TPSA) is 80.3 Å². The molecule has 1 aliphatic rings. The van der Waals surface area contributed by atoms with E-state index in [4.69, 9.17) is 16.3 Å². The molecule has 1 atom stereocenters. The van der Waals surface area contributed by atoms with Gasteiger partial charge in [-0.05, 0) is 31.4 Å². The Morgan fingerprint density at radius 1 is 1.44 bits per heavy atom. The molecule has 1 aliphatic heterocycles. The summed E-state index contributed by atoms with van der Waals surface area (Å²) in [6, 6.07) is 2.19. The summed E-state index contributed by atoms with van der Waals surface area (Å²) in [5, 5.41) is 4.93. The zero-order valence-corrected chi connectivity index (χ0v) is 15.6. The van der Waals surface area contributed by atoms with Crippen molar-refractivity contribution in [2.24, 2.45) is 0 Å². The quantitative estimate of drug-likeness (QED) is 0.733. The van der Waals surface area contributed by atoms with Crippen LogP contribution in [0, 0.1) is 5.82 Å². The first-order valence-electron chi connectivity index (χ1n) is 7.72. The van der Waals surface area contributed by atoms with Crippen molar-refractivity contribution in [1.29, 1.82) is 0 Å². The van der Waals surface area contributed by atoms with Gasteiger partial charge in [-0.2, -0.15) is 0 Å². The molecule has 1 aromatic heterocycles. The van der Waals surface area contributed by atoms with Crippen molar-refractivity contribution >= 4 is 43.8 Å². The lowest BCUT2D eigenvalue weighted by molar-refractivity contribution is 0.107. The average Bonchev–Trinajstić information content (AvgIpc) is 3.23. The Balaban J connectivity index is 1.70. The lowest BCUT2D eigenvalue weighted by Crippen LogP contribution is -2.16. The van der Waals surface area contributed by atoms with Gasteiger partial charge in [0.05, 0.1) is 16.8 Å². The third kappa shape index (κ3) is 4.60. The molecule has 1 fully saturated rings. The summed E-state index contributed by atoms with van der Waals surface area (Å²) in [5.41, 5.74) is 0.352. The van der Waals surface area contributed by atoms with E-state index in [1.54, 1.807) is 5.38 Å². The van der Waals surface area contributed by atoms with E-state index in [0.29, 0.717) is 12.2 Å². The first-order chi connectivity index (χ1) is 12.0. The maximum atomic E-state index is 14.3. The highest BCUT2D eigenvalue weighted by Crippen LogP contribution is 2.29. The third-order valence-corrected chi connectivity index (χ3v) is 6.26. The smallest absolute Gasteiger partial charge is 0.266 e. The molecule has 0 amide bonds. The first-order valence-corrected chi connectivity index (χ1v) is 10.5. The van der Waals surface area contributed by atoms with Gasteiger partial charge in [0.2, 0.25) is 0 Å². The Morgan fingerprint density at radius 2 is 2.28 bits per heavy atom. The van der Waals surface area contributed by atoms with E-state index in [9.17, 15) is 12.8 Å². The van der Waals surface area contributed by atoms with Gasteiger partial charge < -0.3 is 10.1 Å². The number of nitrogens with one attached hydrogen (secondary N) is 2. The molecule has 3 rings (SSSR count). The number of nitrogens with zero attached hydrogens (tertiary/aromatic N) is 1. The van der Waals surface area contributed by atoms with Gasteiger partial charge in [-0.25, -0.2) is 17.8 Å². The van der Waals surface area contributed by atoms with Crippen molar-refractivity contribution in [2.75, 3.05) is 23.2 Å². The van der Waals surface area contributed by atoms with Crippen LogP contribution in [0.3, 0.4) is 0 Å². The minimum atomic E-state index is -4.10. The fraction of sp³-hybridized carbons (Fsp3) is 0.400. The molecule has 2 aromatic rings. The van der Waals surface area contributed by atoms with Gasteiger partial charge in [0.25, 0.3) is 10.0 Å². The Bertz CT molecular complexity index is 825. The van der Waals surface area contributed by atoms with Crippen LogP contribution in [-0.4, -0.2) is 32.7 Å². The zero-order chi connectivity index (χ0) is 17.9. The summed E-state index contributed by atoms with van der Waals surface area (Å²) in [7, 11) is -4.10. The molecule has 0 saturated carbocycles. The van der Waals surface area contributed by atoms with Gasteiger partial charge in [-0.15, -0.1) is 11.3 Å². The second kappa shape index (κ2) is 7.86. The summed E-state index contributed by atoms with van der Waals surface area (Å²) in [6.45, 7) is 1.34. The Hall–Kier alpha value is -1.42. The van der Waals surface area contributed by atoms with Gasteiger partial charge in [0.15, 0.2) is 5.13 Å². The monoisotopic (exact) mass is 405 g/mol. The van der Waals surface area contributed by atoms with Crippen molar-refractivity contribution in [2.45, 2.75) is 30.3 Å². The molecule has 0 radical (unpaired) electrons. The van der Waals surface area contributed by atoms with E-state index >= 15 is 0 Å². The maximum Gasteiger partial charge on any atom is 0.266 e. The van der Waals surface area contributed by atoms with E-state index < -0.39 is 20.7 Å². The first kappa shape index (κ1) is 18.4. The summed E-state index contributed by atoms with van der Waals surface area (Å²) in [5.74, 6) is -0.881. The van der Waals surface area contributed by atoms with Crippen LogP contribution in [0.4, 0.5) is 15.2 Å². The van der Waals surface area contributed by atoms with E-state index in [1.165, 1.54) is 6.20 Å². The summed E-state index contributed by atoms with van der Waals surface area (Å²) >= 11 is 7.22. The van der Waals surface area contributed by atoms with Gasteiger partial charge in [0.1, 0.15) is 10.7 Å². The molecule has 6 nitrogen and oxygen atoms in total. The lowest BCUT2D eigenvalue weighted by Gasteiger charge is -2.14. The van der Waals surface area contributed by atoms with E-state index in [2.05, 4.69) is 15.0 Å². The van der Waals surface area contributed by atoms with Crippen molar-refractivity contribution < 1.29 is 17.5 Å². The summed E-state index contributed by atoms with van der Waals surface area (Å²) in [6.07, 6.45) is 4.51. The number of hydrogen-bond acceptors (Lipinski definition) is 6. The Labute approximate surface area is 154 Å². The summed E-state index contributed by atoms with van der Waals surface area (Å²) in [4.78, 5) is 3.31. The van der Waals surface area contributed by atoms with Crippen LogP contribution in [0.1, 0.15) is 19.3 Å². The van der Waals surface area contributed by atoms with Crippen molar-refractivity contribution in [1.82, 2.24) is 4.98 Å². The van der Waals surface area contributed by atoms with Crippen LogP contribution in [0.25, 0.3) is 0 Å². The number of thiazole rings is 1. The number of benzene rings is 1. The molecular formula is C15H17ClFN3O3S2. The minimum absolute atomic E-state index is 0.133. The SMILES string of the molecule is O=S(=O)(Nc1nccs1)c1cc(Cl)c(NCCC2CCCO2)cc1F. The van der Waals surface area contributed by atoms with Crippen LogP contribution < -0.4 is 10.0 Å². The molecule has 2 N–H and O–H groups in total. The summed E-state index contributed by atoms with van der Waals surface area (Å²) < 4.78 is 46.7. The van der Waals surface area contributed by atoms with Crippen LogP contribution in [0.15, 0.2) is 28.6 Å². The number of rotatable bonds is 7. The second-order valence-electron chi connectivity index (χ2n) is 5.56. The van der Waals surface area contributed by atoms with E-state index in [-0.39, 0.29) is 16.3 Å². The molecule has 10 heteroatoms. The average molecular weight is 406 g/mol. The molecular weight excluding hydrogens is 389 g/mol. The Kier molecular flexibility index (Phi) is 5.78. The van der Waals surface area contributed by atoms with Crippen molar-refractivity contribution in [3.63, 3.8) is 0 Å². The third-order valence-electron chi connectivity index (χ3n) is 3.77. The highest BCUT2D eigenvalue weighted by molar-refractivity contribution is 7.93. The number of ether oxygens (including phenoxy) is 1. The van der Waals surface area contributed by atoms with Gasteiger partial charge in [0, 0.05) is 24.7 Å². The van der Waals surface area contributed by atoms with Crippen LogP contribution in [0.5, 0.6) is 0 Å². The number of sulfonamides is 1. The minimum Gasteiger partial charge on any atom is -0.384 e. The van der Waals surface area contributed by atoms with Gasteiger partial charge >= 0.3 is 0 Å². The van der Waals surface area contributed by atoms with Crippen LogP contribution in [-0.2, 0) is 14.8 Å². The predicted molar refractivity (Wildman–Crippen MR) is 96.4 cm³/mol.